The van der Waals surface area contributed by atoms with E-state index >= 15 is 0 Å². The SMILES string of the molecule is CCN(Cc1ccccc1Cl)C(=O)CC1CCCN1.Cl. The van der Waals surface area contributed by atoms with Crippen LogP contribution in [-0.2, 0) is 11.3 Å². The van der Waals surface area contributed by atoms with Crippen molar-refractivity contribution in [3.8, 4) is 0 Å². The van der Waals surface area contributed by atoms with Crippen molar-refractivity contribution >= 4 is 29.9 Å². The Labute approximate surface area is 132 Å². The molecular weight excluding hydrogens is 295 g/mol. The molecule has 1 amide bonds. The molecule has 0 aromatic heterocycles. The molecule has 1 aromatic carbocycles. The highest BCUT2D eigenvalue weighted by molar-refractivity contribution is 6.31. The van der Waals surface area contributed by atoms with E-state index in [0.29, 0.717) is 19.0 Å². The van der Waals surface area contributed by atoms with Crippen LogP contribution in [0.15, 0.2) is 24.3 Å². The third-order valence-corrected chi connectivity index (χ3v) is 4.01. The number of nitrogens with zero attached hydrogens (tertiary/aromatic N) is 1. The lowest BCUT2D eigenvalue weighted by atomic mass is 10.1. The summed E-state index contributed by atoms with van der Waals surface area (Å²) in [5.74, 6) is 0.210. The zero-order valence-corrected chi connectivity index (χ0v) is 13.3. The van der Waals surface area contributed by atoms with Crippen molar-refractivity contribution in [2.75, 3.05) is 13.1 Å². The topological polar surface area (TPSA) is 32.3 Å². The Hall–Kier alpha value is -0.770. The van der Waals surface area contributed by atoms with E-state index < -0.39 is 0 Å². The van der Waals surface area contributed by atoms with Crippen molar-refractivity contribution in [1.82, 2.24) is 10.2 Å². The number of carbonyl (C=O) groups is 1. The lowest BCUT2D eigenvalue weighted by Crippen LogP contribution is -2.35. The summed E-state index contributed by atoms with van der Waals surface area (Å²) in [6.45, 7) is 4.36. The predicted molar refractivity (Wildman–Crippen MR) is 85.4 cm³/mol. The van der Waals surface area contributed by atoms with Gasteiger partial charge in [-0.1, -0.05) is 29.8 Å². The summed E-state index contributed by atoms with van der Waals surface area (Å²) in [6, 6.07) is 8.07. The Bertz CT molecular complexity index is 434. The van der Waals surface area contributed by atoms with Gasteiger partial charge in [-0.05, 0) is 37.9 Å². The molecule has 1 heterocycles. The van der Waals surface area contributed by atoms with E-state index in [1.165, 1.54) is 6.42 Å². The molecule has 0 saturated carbocycles. The Morgan fingerprint density at radius 2 is 2.20 bits per heavy atom. The minimum absolute atomic E-state index is 0. The minimum atomic E-state index is 0. The lowest BCUT2D eigenvalue weighted by Gasteiger charge is -2.23. The van der Waals surface area contributed by atoms with Gasteiger partial charge in [0.2, 0.25) is 5.91 Å². The molecule has 0 radical (unpaired) electrons. The monoisotopic (exact) mass is 316 g/mol. The molecule has 112 valence electrons. The van der Waals surface area contributed by atoms with Crippen molar-refractivity contribution in [2.45, 2.75) is 38.8 Å². The van der Waals surface area contributed by atoms with E-state index in [2.05, 4.69) is 5.32 Å². The third-order valence-electron chi connectivity index (χ3n) is 3.64. The minimum Gasteiger partial charge on any atom is -0.339 e. The second kappa shape index (κ2) is 8.50. The molecule has 1 aliphatic heterocycles. The van der Waals surface area contributed by atoms with Gasteiger partial charge < -0.3 is 10.2 Å². The molecule has 1 unspecified atom stereocenters. The molecule has 1 aromatic rings. The number of benzene rings is 1. The maximum Gasteiger partial charge on any atom is 0.224 e. The van der Waals surface area contributed by atoms with E-state index in [9.17, 15) is 4.79 Å². The molecule has 0 bridgehead atoms. The number of amides is 1. The van der Waals surface area contributed by atoms with E-state index in [1.54, 1.807) is 0 Å². The summed E-state index contributed by atoms with van der Waals surface area (Å²) in [4.78, 5) is 14.2. The standard InChI is InChI=1S/C15H21ClN2O.ClH/c1-2-18(11-12-6-3-4-8-14(12)16)15(19)10-13-7-5-9-17-13;/h3-4,6,8,13,17H,2,5,7,9-11H2,1H3;1H. The van der Waals surface area contributed by atoms with Gasteiger partial charge in [-0.3, -0.25) is 4.79 Å². The summed E-state index contributed by atoms with van der Waals surface area (Å²) in [7, 11) is 0. The van der Waals surface area contributed by atoms with Crippen LogP contribution < -0.4 is 5.32 Å². The van der Waals surface area contributed by atoms with E-state index in [-0.39, 0.29) is 18.3 Å². The first-order valence-corrected chi connectivity index (χ1v) is 7.33. The van der Waals surface area contributed by atoms with Crippen molar-refractivity contribution in [3.63, 3.8) is 0 Å². The van der Waals surface area contributed by atoms with Gasteiger partial charge in [-0.25, -0.2) is 0 Å². The van der Waals surface area contributed by atoms with Crippen LogP contribution in [0.2, 0.25) is 5.02 Å². The molecule has 0 aliphatic carbocycles. The molecule has 1 saturated heterocycles. The summed E-state index contributed by atoms with van der Waals surface area (Å²) >= 11 is 6.15. The van der Waals surface area contributed by atoms with Crippen LogP contribution in [0.25, 0.3) is 0 Å². The van der Waals surface area contributed by atoms with Crippen LogP contribution in [0.3, 0.4) is 0 Å². The van der Waals surface area contributed by atoms with Crippen molar-refractivity contribution < 1.29 is 4.79 Å². The molecule has 1 N–H and O–H groups in total. The zero-order valence-electron chi connectivity index (χ0n) is 11.8. The number of hydrogen-bond acceptors (Lipinski definition) is 2. The van der Waals surface area contributed by atoms with Crippen LogP contribution in [0.5, 0.6) is 0 Å². The predicted octanol–water partition coefficient (Wildman–Crippen LogP) is 3.25. The summed E-state index contributed by atoms with van der Waals surface area (Å²) in [5, 5.41) is 4.10. The van der Waals surface area contributed by atoms with Gasteiger partial charge in [0.15, 0.2) is 0 Å². The van der Waals surface area contributed by atoms with E-state index in [0.717, 1.165) is 30.1 Å². The van der Waals surface area contributed by atoms with Gasteiger partial charge in [-0.15, -0.1) is 12.4 Å². The van der Waals surface area contributed by atoms with Crippen LogP contribution in [0.1, 0.15) is 31.7 Å². The van der Waals surface area contributed by atoms with Crippen LogP contribution >= 0.6 is 24.0 Å². The molecule has 5 heteroatoms. The first kappa shape index (κ1) is 17.3. The third kappa shape index (κ3) is 4.65. The number of carbonyl (C=O) groups excluding carboxylic acids is 1. The molecule has 20 heavy (non-hydrogen) atoms. The first-order chi connectivity index (χ1) is 9.20. The van der Waals surface area contributed by atoms with Gasteiger partial charge in [0.05, 0.1) is 0 Å². The van der Waals surface area contributed by atoms with Crippen LogP contribution in [0.4, 0.5) is 0 Å². The van der Waals surface area contributed by atoms with Crippen LogP contribution in [-0.4, -0.2) is 29.9 Å². The Morgan fingerprint density at radius 3 is 2.80 bits per heavy atom. The molecule has 2 rings (SSSR count). The lowest BCUT2D eigenvalue weighted by molar-refractivity contribution is -0.132. The maximum atomic E-state index is 12.3. The molecule has 1 fully saturated rings. The van der Waals surface area contributed by atoms with Crippen molar-refractivity contribution in [2.24, 2.45) is 0 Å². The van der Waals surface area contributed by atoms with Crippen LogP contribution in [0, 0.1) is 0 Å². The number of rotatable bonds is 5. The normalized spacial score (nSPS) is 17.6. The molecule has 3 nitrogen and oxygen atoms in total. The van der Waals surface area contributed by atoms with Gasteiger partial charge in [0, 0.05) is 30.6 Å². The quantitative estimate of drug-likeness (QED) is 0.904. The highest BCUT2D eigenvalue weighted by Gasteiger charge is 2.21. The average molecular weight is 317 g/mol. The fourth-order valence-electron chi connectivity index (χ4n) is 2.48. The second-order valence-corrected chi connectivity index (χ2v) is 5.40. The van der Waals surface area contributed by atoms with Gasteiger partial charge in [0.25, 0.3) is 0 Å². The number of halogens is 2. The Morgan fingerprint density at radius 1 is 1.45 bits per heavy atom. The Kier molecular flexibility index (Phi) is 7.35. The zero-order chi connectivity index (χ0) is 13.7. The molecule has 1 atom stereocenters. The van der Waals surface area contributed by atoms with Gasteiger partial charge >= 0.3 is 0 Å². The fraction of sp³-hybridized carbons (Fsp3) is 0.533. The van der Waals surface area contributed by atoms with Gasteiger partial charge in [-0.2, -0.15) is 0 Å². The highest BCUT2D eigenvalue weighted by atomic mass is 35.5. The highest BCUT2D eigenvalue weighted by Crippen LogP contribution is 2.18. The summed E-state index contributed by atoms with van der Waals surface area (Å²) in [5.41, 5.74) is 1.01. The molecule has 1 aliphatic rings. The largest absolute Gasteiger partial charge is 0.339 e. The summed E-state index contributed by atoms with van der Waals surface area (Å²) < 4.78 is 0. The maximum absolute atomic E-state index is 12.3. The average Bonchev–Trinajstić information content (AvgIpc) is 2.90. The molecular formula is C15H22Cl2N2O. The fourth-order valence-corrected chi connectivity index (χ4v) is 2.67. The van der Waals surface area contributed by atoms with E-state index in [4.69, 9.17) is 11.6 Å². The smallest absolute Gasteiger partial charge is 0.224 e. The van der Waals surface area contributed by atoms with Crippen molar-refractivity contribution in [1.29, 1.82) is 0 Å². The van der Waals surface area contributed by atoms with Gasteiger partial charge in [0.1, 0.15) is 0 Å². The van der Waals surface area contributed by atoms with E-state index in [1.807, 2.05) is 36.1 Å². The Balaban J connectivity index is 0.00000200. The van der Waals surface area contributed by atoms with Crippen molar-refractivity contribution in [3.05, 3.63) is 34.9 Å². The summed E-state index contributed by atoms with van der Waals surface area (Å²) in [6.07, 6.45) is 2.88. The number of nitrogens with one attached hydrogen (secondary N) is 1. The second-order valence-electron chi connectivity index (χ2n) is 5.00. The first-order valence-electron chi connectivity index (χ1n) is 6.95. The number of hydrogen-bond donors (Lipinski definition) is 1. The molecule has 0 spiro atoms.